The quantitative estimate of drug-likeness (QED) is 0.666. The maximum Gasteiger partial charge on any atom is 0.417 e. The summed E-state index contributed by atoms with van der Waals surface area (Å²) in [6.45, 7) is 1.60. The Bertz CT molecular complexity index is 180. The predicted octanol–water partition coefficient (Wildman–Crippen LogP) is 3.29. The highest BCUT2D eigenvalue weighted by Gasteiger charge is 2.53. The van der Waals surface area contributed by atoms with Gasteiger partial charge in [0, 0.05) is 0 Å². The van der Waals surface area contributed by atoms with Crippen molar-refractivity contribution in [1.29, 1.82) is 0 Å². The zero-order valence-electron chi connectivity index (χ0n) is 7.54. The minimum Gasteiger partial charge on any atom is -0.328 e. The third-order valence-corrected chi connectivity index (χ3v) is 1.85. The van der Waals surface area contributed by atoms with Crippen molar-refractivity contribution in [3.05, 3.63) is 0 Å². The lowest BCUT2D eigenvalue weighted by Gasteiger charge is -2.31. The van der Waals surface area contributed by atoms with Gasteiger partial charge in [-0.25, -0.2) is 13.2 Å². The second-order valence-corrected chi connectivity index (χ2v) is 2.89. The zero-order valence-corrected chi connectivity index (χ0v) is 7.54. The molecule has 2 atom stereocenters. The minimum atomic E-state index is -4.87. The average molecular weight is 224 g/mol. The van der Waals surface area contributed by atoms with Crippen molar-refractivity contribution in [1.82, 2.24) is 0 Å². The van der Waals surface area contributed by atoms with Crippen LogP contribution in [-0.2, 0) is 4.74 Å². The molecule has 14 heavy (non-hydrogen) atoms. The summed E-state index contributed by atoms with van der Waals surface area (Å²) >= 11 is 0. The van der Waals surface area contributed by atoms with Crippen LogP contribution in [0.3, 0.4) is 0 Å². The van der Waals surface area contributed by atoms with Crippen molar-refractivity contribution in [3.63, 3.8) is 0 Å². The van der Waals surface area contributed by atoms with Gasteiger partial charge in [-0.3, -0.25) is 0 Å². The Labute approximate surface area is 77.0 Å². The third kappa shape index (κ3) is 3.04. The fraction of sp³-hybridized carbons (Fsp3) is 1.00. The summed E-state index contributed by atoms with van der Waals surface area (Å²) < 4.78 is 75.7. The Morgan fingerprint density at radius 3 is 1.79 bits per heavy atom. The molecule has 0 aromatic carbocycles. The van der Waals surface area contributed by atoms with Gasteiger partial charge in [0.1, 0.15) is 0 Å². The second-order valence-electron chi connectivity index (χ2n) is 2.89. The normalized spacial score (nSPS) is 19.5. The van der Waals surface area contributed by atoms with Crippen LogP contribution in [0.2, 0.25) is 0 Å². The molecule has 0 aliphatic carbocycles. The van der Waals surface area contributed by atoms with Gasteiger partial charge >= 0.3 is 6.18 Å². The minimum absolute atomic E-state index is 0.530. The van der Waals surface area contributed by atoms with Crippen LogP contribution in [0.4, 0.5) is 26.3 Å². The van der Waals surface area contributed by atoms with Crippen molar-refractivity contribution in [2.75, 3.05) is 0 Å². The van der Waals surface area contributed by atoms with E-state index in [-0.39, 0.29) is 0 Å². The van der Waals surface area contributed by atoms with E-state index in [1.54, 1.807) is 0 Å². The Morgan fingerprint density at radius 1 is 1.14 bits per heavy atom. The summed E-state index contributed by atoms with van der Waals surface area (Å²) in [5, 5.41) is 0. The van der Waals surface area contributed by atoms with Crippen molar-refractivity contribution in [2.24, 2.45) is 0 Å². The van der Waals surface area contributed by atoms with Gasteiger partial charge in [0.05, 0.1) is 0 Å². The number of ether oxygens (including phenoxy) is 1. The number of alkyl halides is 6. The van der Waals surface area contributed by atoms with E-state index < -0.39 is 31.0 Å². The van der Waals surface area contributed by atoms with E-state index in [1.165, 1.54) is 0 Å². The van der Waals surface area contributed by atoms with E-state index in [4.69, 9.17) is 0 Å². The van der Waals surface area contributed by atoms with Gasteiger partial charge in [-0.05, 0) is 13.3 Å². The first-order chi connectivity index (χ1) is 6.14. The van der Waals surface area contributed by atoms with E-state index in [1.807, 2.05) is 0 Å². The van der Waals surface area contributed by atoms with Crippen LogP contribution in [0.15, 0.2) is 0 Å². The molecule has 0 aliphatic rings. The first kappa shape index (κ1) is 13.5. The fourth-order valence-electron chi connectivity index (χ4n) is 0.651. The van der Waals surface area contributed by atoms with E-state index in [0.717, 1.165) is 6.92 Å². The maximum atomic E-state index is 12.3. The van der Waals surface area contributed by atoms with E-state index in [9.17, 15) is 26.3 Å². The van der Waals surface area contributed by atoms with Gasteiger partial charge in [-0.15, -0.1) is 0 Å². The Morgan fingerprint density at radius 2 is 1.57 bits per heavy atom. The molecule has 0 aliphatic heterocycles. The topological polar surface area (TPSA) is 9.23 Å². The van der Waals surface area contributed by atoms with Crippen molar-refractivity contribution >= 4 is 0 Å². The molecule has 0 saturated carbocycles. The van der Waals surface area contributed by atoms with Gasteiger partial charge in [-0.2, -0.15) is 13.2 Å². The molecule has 7 heteroatoms. The second kappa shape index (κ2) is 4.37. The summed E-state index contributed by atoms with van der Waals surface area (Å²) in [6.07, 6.45) is -12.3. The smallest absolute Gasteiger partial charge is 0.328 e. The molecule has 0 heterocycles. The largest absolute Gasteiger partial charge is 0.417 e. The predicted molar refractivity (Wildman–Crippen MR) is 36.7 cm³/mol. The van der Waals surface area contributed by atoms with Gasteiger partial charge in [0.15, 0.2) is 5.60 Å². The Balaban J connectivity index is 4.57. The lowest BCUT2D eigenvalue weighted by Crippen LogP contribution is -2.47. The van der Waals surface area contributed by atoms with Gasteiger partial charge < -0.3 is 4.74 Å². The molecule has 86 valence electrons. The van der Waals surface area contributed by atoms with E-state index in [0.29, 0.717) is 6.92 Å². The van der Waals surface area contributed by atoms with Gasteiger partial charge in [0.25, 0.3) is 12.8 Å². The molecule has 0 fully saturated rings. The number of hydrogen-bond donors (Lipinski definition) is 0. The lowest BCUT2D eigenvalue weighted by molar-refractivity contribution is -0.313. The van der Waals surface area contributed by atoms with Crippen LogP contribution in [0.5, 0.6) is 0 Å². The van der Waals surface area contributed by atoms with Crippen molar-refractivity contribution in [3.8, 4) is 0 Å². The molecule has 0 radical (unpaired) electrons. The highest BCUT2D eigenvalue weighted by Crippen LogP contribution is 2.37. The Kier molecular flexibility index (Phi) is 4.23. The summed E-state index contributed by atoms with van der Waals surface area (Å²) in [5.41, 5.74) is -2.87. The third-order valence-electron chi connectivity index (χ3n) is 1.85. The molecule has 0 aromatic heterocycles. The van der Waals surface area contributed by atoms with Crippen LogP contribution in [-0.4, -0.2) is 24.6 Å². The average Bonchev–Trinajstić information content (AvgIpc) is 2.01. The molecule has 0 saturated heterocycles. The summed E-state index contributed by atoms with van der Waals surface area (Å²) in [4.78, 5) is 0. The molecule has 1 nitrogen and oxygen atoms in total. The summed E-state index contributed by atoms with van der Waals surface area (Å²) in [5.74, 6) is 0. The lowest BCUT2D eigenvalue weighted by atomic mass is 10.0. The molecule has 0 amide bonds. The Hall–Kier alpha value is -0.460. The fourth-order valence-corrected chi connectivity index (χ4v) is 0.651. The van der Waals surface area contributed by atoms with Crippen LogP contribution in [0.25, 0.3) is 0 Å². The number of halogens is 6. The van der Waals surface area contributed by atoms with Crippen LogP contribution in [0.1, 0.15) is 20.3 Å². The molecular weight excluding hydrogens is 214 g/mol. The molecule has 0 bridgehead atoms. The first-order valence-electron chi connectivity index (χ1n) is 3.81. The highest BCUT2D eigenvalue weighted by molar-refractivity contribution is 4.83. The molecule has 2 unspecified atom stereocenters. The first-order valence-corrected chi connectivity index (χ1v) is 3.81. The number of hydrogen-bond acceptors (Lipinski definition) is 1. The maximum absolute atomic E-state index is 12.3. The summed E-state index contributed by atoms with van der Waals surface area (Å²) in [6, 6.07) is 0. The molecule has 0 rings (SSSR count). The van der Waals surface area contributed by atoms with Gasteiger partial charge in [0.2, 0.25) is 0 Å². The number of rotatable bonds is 4. The van der Waals surface area contributed by atoms with Crippen molar-refractivity contribution < 1.29 is 31.1 Å². The molecule has 0 aromatic rings. The van der Waals surface area contributed by atoms with Gasteiger partial charge in [-0.1, -0.05) is 6.92 Å². The standard InChI is InChI=1S/C7H10F6O/c1-3-6(2,7(11,12)13)14-5(10)4(8)9/h4-5H,3H2,1-2H3. The summed E-state index contributed by atoms with van der Waals surface area (Å²) in [7, 11) is 0. The van der Waals surface area contributed by atoms with E-state index >= 15 is 0 Å². The SMILES string of the molecule is CCC(C)(OC(F)C(F)F)C(F)(F)F. The molecule has 0 N–H and O–H groups in total. The zero-order chi connectivity index (χ0) is 11.6. The van der Waals surface area contributed by atoms with Crippen LogP contribution in [0, 0.1) is 0 Å². The highest BCUT2D eigenvalue weighted by atomic mass is 19.4. The van der Waals surface area contributed by atoms with Crippen molar-refractivity contribution in [2.45, 2.75) is 44.8 Å². The van der Waals surface area contributed by atoms with E-state index in [2.05, 4.69) is 4.74 Å². The molecule has 0 spiro atoms. The van der Waals surface area contributed by atoms with Crippen LogP contribution >= 0.6 is 0 Å². The monoisotopic (exact) mass is 224 g/mol. The molecular formula is C7H10F6O. The van der Waals surface area contributed by atoms with Crippen LogP contribution < -0.4 is 0 Å².